The molecule has 0 radical (unpaired) electrons. The second-order valence-corrected chi connectivity index (χ2v) is 6.91. The van der Waals surface area contributed by atoms with E-state index < -0.39 is 6.10 Å². The van der Waals surface area contributed by atoms with Crippen molar-refractivity contribution < 1.29 is 14.6 Å². The SMILES string of the molecule is CCNC(=NCc1cccc(OCC)c1)NCC(O)c1cccc(OC(C)C)c1. The lowest BCUT2D eigenvalue weighted by Gasteiger charge is -2.17. The van der Waals surface area contributed by atoms with E-state index in [4.69, 9.17) is 9.47 Å². The topological polar surface area (TPSA) is 75.1 Å². The third-order valence-electron chi connectivity index (χ3n) is 4.05. The zero-order valence-electron chi connectivity index (χ0n) is 17.8. The van der Waals surface area contributed by atoms with Crippen LogP contribution in [-0.2, 0) is 6.54 Å². The number of nitrogens with one attached hydrogen (secondary N) is 2. The molecule has 0 saturated heterocycles. The molecule has 0 fully saturated rings. The van der Waals surface area contributed by atoms with Crippen LogP contribution in [0, 0.1) is 0 Å². The van der Waals surface area contributed by atoms with Crippen molar-refractivity contribution in [2.75, 3.05) is 19.7 Å². The zero-order valence-corrected chi connectivity index (χ0v) is 17.8. The molecule has 0 aliphatic carbocycles. The van der Waals surface area contributed by atoms with Crippen LogP contribution in [0.25, 0.3) is 0 Å². The van der Waals surface area contributed by atoms with Gasteiger partial charge in [0.1, 0.15) is 11.5 Å². The van der Waals surface area contributed by atoms with Crippen molar-refractivity contribution in [2.24, 2.45) is 4.99 Å². The van der Waals surface area contributed by atoms with Gasteiger partial charge in [-0.1, -0.05) is 24.3 Å². The summed E-state index contributed by atoms with van der Waals surface area (Å²) in [5.74, 6) is 2.26. The van der Waals surface area contributed by atoms with Crippen molar-refractivity contribution >= 4 is 5.96 Å². The summed E-state index contributed by atoms with van der Waals surface area (Å²) >= 11 is 0. The Morgan fingerprint density at radius 3 is 2.52 bits per heavy atom. The Hall–Kier alpha value is -2.73. The van der Waals surface area contributed by atoms with Crippen molar-refractivity contribution in [1.82, 2.24) is 10.6 Å². The largest absolute Gasteiger partial charge is 0.494 e. The van der Waals surface area contributed by atoms with Crippen LogP contribution in [0.3, 0.4) is 0 Å². The normalized spacial score (nSPS) is 12.6. The van der Waals surface area contributed by atoms with E-state index in [9.17, 15) is 5.11 Å². The third kappa shape index (κ3) is 8.03. The standard InChI is InChI=1S/C23H33N3O3/c1-5-24-23(25-15-18-9-7-11-20(13-18)28-6-2)26-16-22(27)19-10-8-12-21(14-19)29-17(3)4/h7-14,17,22,27H,5-6,15-16H2,1-4H3,(H2,24,25,26). The molecule has 2 aromatic rings. The van der Waals surface area contributed by atoms with E-state index in [-0.39, 0.29) is 6.10 Å². The number of aliphatic hydroxyl groups is 1. The summed E-state index contributed by atoms with van der Waals surface area (Å²) < 4.78 is 11.2. The first-order valence-corrected chi connectivity index (χ1v) is 10.2. The third-order valence-corrected chi connectivity index (χ3v) is 4.05. The van der Waals surface area contributed by atoms with Gasteiger partial charge >= 0.3 is 0 Å². The summed E-state index contributed by atoms with van der Waals surface area (Å²) in [6, 6.07) is 15.5. The molecule has 2 rings (SSSR count). The van der Waals surface area contributed by atoms with Gasteiger partial charge in [0.05, 0.1) is 25.4 Å². The average molecular weight is 400 g/mol. The van der Waals surface area contributed by atoms with Gasteiger partial charge in [-0.25, -0.2) is 4.99 Å². The van der Waals surface area contributed by atoms with E-state index in [1.807, 2.05) is 76.2 Å². The Labute approximate surface area is 174 Å². The number of hydrogen-bond acceptors (Lipinski definition) is 4. The number of ether oxygens (including phenoxy) is 2. The van der Waals surface area contributed by atoms with E-state index in [1.54, 1.807) is 0 Å². The highest BCUT2D eigenvalue weighted by molar-refractivity contribution is 5.79. The molecule has 29 heavy (non-hydrogen) atoms. The maximum atomic E-state index is 10.6. The van der Waals surface area contributed by atoms with Crippen molar-refractivity contribution in [3.05, 3.63) is 59.7 Å². The van der Waals surface area contributed by atoms with Crippen molar-refractivity contribution in [2.45, 2.75) is 46.4 Å². The molecule has 158 valence electrons. The number of aliphatic hydroxyl groups excluding tert-OH is 1. The summed E-state index contributed by atoms with van der Waals surface area (Å²) in [6.45, 7) is 10.2. The molecule has 0 heterocycles. The van der Waals surface area contributed by atoms with Crippen LogP contribution in [0.5, 0.6) is 11.5 Å². The minimum absolute atomic E-state index is 0.0919. The number of aliphatic imine (C=N–C) groups is 1. The Kier molecular flexibility index (Phi) is 9.31. The first kappa shape index (κ1) is 22.6. The van der Waals surface area contributed by atoms with Gasteiger partial charge < -0.3 is 25.2 Å². The van der Waals surface area contributed by atoms with Gasteiger partial charge in [-0.15, -0.1) is 0 Å². The summed E-state index contributed by atoms with van der Waals surface area (Å²) in [7, 11) is 0. The molecule has 3 N–H and O–H groups in total. The Balaban J connectivity index is 1.97. The lowest BCUT2D eigenvalue weighted by Crippen LogP contribution is -2.39. The minimum atomic E-state index is -0.671. The Morgan fingerprint density at radius 1 is 1.03 bits per heavy atom. The number of hydrogen-bond donors (Lipinski definition) is 3. The van der Waals surface area contributed by atoms with Crippen LogP contribution in [0.2, 0.25) is 0 Å². The molecule has 6 nitrogen and oxygen atoms in total. The molecule has 0 bridgehead atoms. The summed E-state index contributed by atoms with van der Waals surface area (Å²) in [5.41, 5.74) is 1.86. The highest BCUT2D eigenvalue weighted by atomic mass is 16.5. The van der Waals surface area contributed by atoms with Crippen LogP contribution in [0.15, 0.2) is 53.5 Å². The quantitative estimate of drug-likeness (QED) is 0.420. The lowest BCUT2D eigenvalue weighted by atomic mass is 10.1. The van der Waals surface area contributed by atoms with Gasteiger partial charge in [0.15, 0.2) is 5.96 Å². The number of guanidine groups is 1. The lowest BCUT2D eigenvalue weighted by molar-refractivity contribution is 0.179. The molecule has 0 spiro atoms. The number of nitrogens with zero attached hydrogens (tertiary/aromatic N) is 1. The highest BCUT2D eigenvalue weighted by Crippen LogP contribution is 2.20. The minimum Gasteiger partial charge on any atom is -0.494 e. The van der Waals surface area contributed by atoms with E-state index in [2.05, 4.69) is 15.6 Å². The predicted molar refractivity (Wildman–Crippen MR) is 118 cm³/mol. The summed E-state index contributed by atoms with van der Waals surface area (Å²) in [5, 5.41) is 17.0. The molecule has 0 aromatic heterocycles. The monoisotopic (exact) mass is 399 g/mol. The molecule has 1 unspecified atom stereocenters. The van der Waals surface area contributed by atoms with Gasteiger partial charge in [-0.05, 0) is 63.1 Å². The van der Waals surface area contributed by atoms with Crippen LogP contribution in [0.1, 0.15) is 44.9 Å². The second-order valence-electron chi connectivity index (χ2n) is 6.91. The van der Waals surface area contributed by atoms with Gasteiger partial charge in [0.2, 0.25) is 0 Å². The van der Waals surface area contributed by atoms with E-state index in [0.717, 1.165) is 29.2 Å². The van der Waals surface area contributed by atoms with Gasteiger partial charge in [-0.3, -0.25) is 0 Å². The fourth-order valence-electron chi connectivity index (χ4n) is 2.79. The van der Waals surface area contributed by atoms with Gasteiger partial charge in [0, 0.05) is 13.1 Å². The fraction of sp³-hybridized carbons (Fsp3) is 0.435. The van der Waals surface area contributed by atoms with Crippen LogP contribution in [0.4, 0.5) is 0 Å². The smallest absolute Gasteiger partial charge is 0.191 e. The molecule has 2 aromatic carbocycles. The van der Waals surface area contributed by atoms with Gasteiger partial charge in [-0.2, -0.15) is 0 Å². The molecule has 0 aliphatic heterocycles. The second kappa shape index (κ2) is 12.0. The Morgan fingerprint density at radius 2 is 1.79 bits per heavy atom. The molecule has 1 atom stereocenters. The van der Waals surface area contributed by atoms with Crippen LogP contribution >= 0.6 is 0 Å². The maximum Gasteiger partial charge on any atom is 0.191 e. The molecule has 0 saturated carbocycles. The summed E-state index contributed by atoms with van der Waals surface area (Å²) in [4.78, 5) is 4.61. The number of rotatable bonds is 10. The Bertz CT molecular complexity index is 777. The number of benzene rings is 2. The van der Waals surface area contributed by atoms with E-state index in [1.165, 1.54) is 0 Å². The maximum absolute atomic E-state index is 10.6. The van der Waals surface area contributed by atoms with Crippen molar-refractivity contribution in [3.63, 3.8) is 0 Å². The summed E-state index contributed by atoms with van der Waals surface area (Å²) in [6.07, 6.45) is -0.579. The van der Waals surface area contributed by atoms with Crippen LogP contribution in [-0.4, -0.2) is 36.9 Å². The fourth-order valence-corrected chi connectivity index (χ4v) is 2.79. The highest BCUT2D eigenvalue weighted by Gasteiger charge is 2.10. The predicted octanol–water partition coefficient (Wildman–Crippen LogP) is 3.66. The van der Waals surface area contributed by atoms with E-state index in [0.29, 0.717) is 25.7 Å². The zero-order chi connectivity index (χ0) is 21.1. The van der Waals surface area contributed by atoms with Crippen LogP contribution < -0.4 is 20.1 Å². The molecular formula is C23H33N3O3. The molecule has 0 aliphatic rings. The average Bonchev–Trinajstić information content (AvgIpc) is 2.70. The first-order chi connectivity index (χ1) is 14.0. The van der Waals surface area contributed by atoms with Crippen molar-refractivity contribution in [1.29, 1.82) is 0 Å². The van der Waals surface area contributed by atoms with Gasteiger partial charge in [0.25, 0.3) is 0 Å². The molecular weight excluding hydrogens is 366 g/mol. The first-order valence-electron chi connectivity index (χ1n) is 10.2. The van der Waals surface area contributed by atoms with E-state index >= 15 is 0 Å². The van der Waals surface area contributed by atoms with Crippen molar-refractivity contribution in [3.8, 4) is 11.5 Å². The molecule has 0 amide bonds. The molecule has 6 heteroatoms.